The van der Waals surface area contributed by atoms with Crippen LogP contribution in [0, 0.1) is 0 Å². The summed E-state index contributed by atoms with van der Waals surface area (Å²) in [6.07, 6.45) is 0. The Labute approximate surface area is 606 Å². The molecule has 103 heavy (non-hydrogen) atoms. The number of anilines is 5. The largest absolute Gasteiger partial charge is 0.355 e. The number of benzene rings is 16. The second-order valence-electron chi connectivity index (χ2n) is 28.2. The first-order valence-electron chi connectivity index (χ1n) is 35.6. The average molecular weight is 1340 g/mol. The molecule has 2 heterocycles. The zero-order valence-electron chi connectivity index (χ0n) is 57.9. The van der Waals surface area contributed by atoms with Crippen LogP contribution in [0.5, 0.6) is 0 Å². The molecule has 2 aliphatic rings. The number of rotatable bonds is 9. The van der Waals surface area contributed by atoms with Gasteiger partial charge < -0.3 is 19.4 Å². The number of hydrogen-bond acceptors (Lipinski definition) is 2. The van der Waals surface area contributed by atoms with Crippen molar-refractivity contribution in [3.05, 3.63) is 391 Å². The van der Waals surface area contributed by atoms with Gasteiger partial charge in [0.05, 0.1) is 32.8 Å². The molecule has 1 N–H and O–H groups in total. The molecule has 2 aliphatic carbocycles. The number of hydrogen-bond donors (Lipinski definition) is 1. The van der Waals surface area contributed by atoms with Crippen LogP contribution < -0.4 is 10.2 Å². The molecule has 492 valence electrons. The molecule has 20 rings (SSSR count). The van der Waals surface area contributed by atoms with E-state index in [2.05, 4.69) is 399 Å². The Morgan fingerprint density at radius 2 is 0.680 bits per heavy atom. The van der Waals surface area contributed by atoms with E-state index < -0.39 is 0 Å². The fourth-order valence-corrected chi connectivity index (χ4v) is 16.7. The van der Waals surface area contributed by atoms with Gasteiger partial charge in [0.1, 0.15) is 0 Å². The minimum atomic E-state index is -0.128. The monoisotopic (exact) mass is 1340 g/mol. The second-order valence-corrected chi connectivity index (χ2v) is 28.6. The maximum absolute atomic E-state index is 6.82. The normalized spacial score (nSPS) is 12.9. The third-order valence-corrected chi connectivity index (χ3v) is 21.7. The van der Waals surface area contributed by atoms with Crippen molar-refractivity contribution in [2.45, 2.75) is 38.5 Å². The number of nitrogens with zero attached hydrogens (tertiary/aromatic N) is 3. The topological polar surface area (TPSA) is 25.1 Å². The third kappa shape index (κ3) is 11.0. The molecule has 2 aromatic heterocycles. The highest BCUT2D eigenvalue weighted by atomic mass is 35.5. The molecule has 0 saturated heterocycles. The predicted molar refractivity (Wildman–Crippen MR) is 438 cm³/mol. The first kappa shape index (κ1) is 62.8. The fourth-order valence-electron chi connectivity index (χ4n) is 16.4. The van der Waals surface area contributed by atoms with Crippen LogP contribution in [0.1, 0.15) is 49.9 Å². The van der Waals surface area contributed by atoms with E-state index in [0.717, 1.165) is 55.9 Å². The van der Waals surface area contributed by atoms with Crippen LogP contribution in [0.15, 0.2) is 364 Å². The molecule has 0 radical (unpaired) electrons. The van der Waals surface area contributed by atoms with Crippen molar-refractivity contribution < 1.29 is 0 Å². The van der Waals surface area contributed by atoms with Gasteiger partial charge in [-0.15, -0.1) is 0 Å². The zero-order chi connectivity index (χ0) is 69.3. The van der Waals surface area contributed by atoms with Crippen LogP contribution in [0.25, 0.3) is 121 Å². The second kappa shape index (κ2) is 25.6. The summed E-state index contributed by atoms with van der Waals surface area (Å²) in [4.78, 5) is 2.50. The molecule has 0 aliphatic heterocycles. The van der Waals surface area contributed by atoms with Gasteiger partial charge in [0, 0.05) is 66.5 Å². The summed E-state index contributed by atoms with van der Waals surface area (Å²) in [5.41, 5.74) is 28.0. The molecule has 18 aromatic rings. The lowest BCUT2D eigenvalue weighted by Gasteiger charge is -2.30. The van der Waals surface area contributed by atoms with E-state index in [4.69, 9.17) is 11.6 Å². The number of para-hydroxylation sites is 4. The average Bonchev–Trinajstić information content (AvgIpc) is 1.60. The molecule has 0 bridgehead atoms. The highest BCUT2D eigenvalue weighted by molar-refractivity contribution is 6.37. The SMILES string of the molecule is CC1(C)c2ccccc2-c2ccc(N(c3ccc4ccccc4c3)c3cc(-c4ccccc4)cc4c5ccccc5n(-c5ccccc5)c34)cc21.CC1(C)c2ccccc2-c2ccc(Nc3ccc4ccccc4c3)cc21.Clc1cc(-c2ccccc2)cc2c3ccccc3n(-c3ccccc3)c12. The van der Waals surface area contributed by atoms with Gasteiger partial charge in [-0.25, -0.2) is 0 Å². The van der Waals surface area contributed by atoms with Crippen molar-refractivity contribution in [1.82, 2.24) is 9.13 Å². The molecule has 0 saturated carbocycles. The summed E-state index contributed by atoms with van der Waals surface area (Å²) in [5.74, 6) is 0. The van der Waals surface area contributed by atoms with Gasteiger partial charge in [-0.1, -0.05) is 294 Å². The minimum absolute atomic E-state index is 0.0347. The Bertz CT molecular complexity index is 6280. The van der Waals surface area contributed by atoms with E-state index in [-0.39, 0.29) is 10.8 Å². The molecule has 16 aromatic carbocycles. The molecule has 0 spiro atoms. The number of fused-ring (bicyclic) bond motifs is 14. The fraction of sp³-hybridized carbons (Fsp3) is 0.0612. The van der Waals surface area contributed by atoms with Gasteiger partial charge in [-0.3, -0.25) is 0 Å². The van der Waals surface area contributed by atoms with E-state index >= 15 is 0 Å². The summed E-state index contributed by atoms with van der Waals surface area (Å²) < 4.78 is 4.71. The Morgan fingerprint density at radius 3 is 1.26 bits per heavy atom. The van der Waals surface area contributed by atoms with Gasteiger partial charge in [-0.05, 0) is 198 Å². The van der Waals surface area contributed by atoms with Crippen molar-refractivity contribution in [2.75, 3.05) is 10.2 Å². The molecule has 5 heteroatoms. The van der Waals surface area contributed by atoms with Crippen molar-refractivity contribution in [3.8, 4) is 55.9 Å². The van der Waals surface area contributed by atoms with Crippen LogP contribution in [-0.2, 0) is 10.8 Å². The lowest BCUT2D eigenvalue weighted by Crippen LogP contribution is -2.17. The molecular formula is C98H73ClN4. The van der Waals surface area contributed by atoms with Gasteiger partial charge in [-0.2, -0.15) is 0 Å². The van der Waals surface area contributed by atoms with E-state index in [1.54, 1.807) is 0 Å². The quantitative estimate of drug-likeness (QED) is 0.156. The van der Waals surface area contributed by atoms with Crippen molar-refractivity contribution >= 4 is 105 Å². The maximum Gasteiger partial charge on any atom is 0.0782 e. The Hall–Kier alpha value is -12.5. The van der Waals surface area contributed by atoms with E-state index in [9.17, 15) is 0 Å². The summed E-state index contributed by atoms with van der Waals surface area (Å²) in [6, 6.07) is 131. The highest BCUT2D eigenvalue weighted by Crippen LogP contribution is 2.54. The molecule has 4 nitrogen and oxygen atoms in total. The van der Waals surface area contributed by atoms with E-state index in [1.807, 2.05) is 12.1 Å². The lowest BCUT2D eigenvalue weighted by molar-refractivity contribution is 0.660. The van der Waals surface area contributed by atoms with Gasteiger partial charge in [0.25, 0.3) is 0 Å². The number of aromatic nitrogens is 2. The van der Waals surface area contributed by atoms with Crippen LogP contribution in [0.4, 0.5) is 28.4 Å². The van der Waals surface area contributed by atoms with Crippen LogP contribution in [0.2, 0.25) is 5.02 Å². The molecule has 0 atom stereocenters. The van der Waals surface area contributed by atoms with Gasteiger partial charge in [0.15, 0.2) is 0 Å². The highest BCUT2D eigenvalue weighted by Gasteiger charge is 2.37. The predicted octanol–water partition coefficient (Wildman–Crippen LogP) is 27.4. The van der Waals surface area contributed by atoms with Crippen LogP contribution >= 0.6 is 11.6 Å². The minimum Gasteiger partial charge on any atom is -0.355 e. The van der Waals surface area contributed by atoms with Crippen LogP contribution in [0.3, 0.4) is 0 Å². The summed E-state index contributed by atoms with van der Waals surface area (Å²) >= 11 is 6.82. The molecular weight excluding hydrogens is 1270 g/mol. The van der Waals surface area contributed by atoms with E-state index in [1.165, 1.54) is 121 Å². The first-order chi connectivity index (χ1) is 50.5. The standard InChI is InChI=1S/C49H36N2.C25H21N.C24H16ClN/c1-49(2)44-23-13-11-21-40(44)41-28-27-39(32-45(41)49)50(38-26-25-34-17-9-10-18-35(34)29-38)47-31-36(33-15-5-3-6-16-33)30-43-42-22-12-14-24-46(42)51(48(43)47)37-19-7-4-8-20-37;1-25(2)23-10-6-5-9-21(23)22-14-13-20(16-24(22)25)26-19-12-11-17-7-3-4-8-18(17)15-19;25-22-16-18(17-9-3-1-4-10-17)15-21-20-13-7-8-14-23(20)26(24(21)22)19-11-5-2-6-12-19/h3-32H,1-2H3;3-16,26H,1-2H3;1-16H. The van der Waals surface area contributed by atoms with Gasteiger partial charge >= 0.3 is 0 Å². The van der Waals surface area contributed by atoms with Crippen LogP contribution in [-0.4, -0.2) is 9.13 Å². The first-order valence-corrected chi connectivity index (χ1v) is 35.9. The molecule has 0 fully saturated rings. The van der Waals surface area contributed by atoms with Gasteiger partial charge in [0.2, 0.25) is 0 Å². The summed E-state index contributed by atoms with van der Waals surface area (Å²) in [7, 11) is 0. The van der Waals surface area contributed by atoms with Crippen molar-refractivity contribution in [3.63, 3.8) is 0 Å². The molecule has 0 amide bonds. The Kier molecular flexibility index (Phi) is 15.6. The maximum atomic E-state index is 6.82. The third-order valence-electron chi connectivity index (χ3n) is 21.4. The van der Waals surface area contributed by atoms with Crippen molar-refractivity contribution in [2.24, 2.45) is 0 Å². The molecule has 0 unspecified atom stereocenters. The lowest BCUT2D eigenvalue weighted by atomic mass is 9.82. The smallest absolute Gasteiger partial charge is 0.0782 e. The number of halogens is 1. The summed E-state index contributed by atoms with van der Waals surface area (Å²) in [6.45, 7) is 9.36. The van der Waals surface area contributed by atoms with Crippen molar-refractivity contribution in [1.29, 1.82) is 0 Å². The Morgan fingerprint density at radius 1 is 0.282 bits per heavy atom. The van der Waals surface area contributed by atoms with E-state index in [0.29, 0.717) is 0 Å². The zero-order valence-corrected chi connectivity index (χ0v) is 58.6. The Balaban J connectivity index is 0.000000122. The summed E-state index contributed by atoms with van der Waals surface area (Å²) in [5, 5.41) is 14.2. The number of nitrogens with one attached hydrogen (secondary N) is 1.